The van der Waals surface area contributed by atoms with Crippen molar-refractivity contribution >= 4 is 11.9 Å². The van der Waals surface area contributed by atoms with Crippen molar-refractivity contribution in [3.63, 3.8) is 0 Å². The van der Waals surface area contributed by atoms with E-state index < -0.39 is 46.9 Å². The first-order chi connectivity index (χ1) is 12.9. The Kier molecular flexibility index (Phi) is 6.42. The molecule has 11 heteroatoms. The van der Waals surface area contributed by atoms with E-state index in [0.717, 1.165) is 4.57 Å². The van der Waals surface area contributed by atoms with Crippen molar-refractivity contribution in [1.29, 1.82) is 0 Å². The number of aliphatic hydroxyl groups is 2. The fraction of sp³-hybridized carbons (Fsp3) is 0.647. The highest BCUT2D eigenvalue weighted by Gasteiger charge is 2.41. The molecule has 0 spiro atoms. The number of hydrogen-bond donors (Lipinski definition) is 5. The lowest BCUT2D eigenvalue weighted by Gasteiger charge is -2.34. The fourth-order valence-electron chi connectivity index (χ4n) is 3.38. The molecule has 1 amide bonds. The quantitative estimate of drug-likeness (QED) is 0.375. The van der Waals surface area contributed by atoms with E-state index in [1.165, 1.54) is 24.9 Å². The zero-order valence-electron chi connectivity index (χ0n) is 15.8. The summed E-state index contributed by atoms with van der Waals surface area (Å²) in [6, 6.07) is -2.12. The van der Waals surface area contributed by atoms with Gasteiger partial charge in [0, 0.05) is 37.7 Å². The van der Waals surface area contributed by atoms with Crippen LogP contribution in [0.15, 0.2) is 15.8 Å². The molecule has 0 unspecified atom stereocenters. The van der Waals surface area contributed by atoms with Crippen molar-refractivity contribution in [3.8, 4) is 0 Å². The third kappa shape index (κ3) is 4.86. The number of H-pyrrole nitrogens is 1. The summed E-state index contributed by atoms with van der Waals surface area (Å²) in [6.45, 7) is 2.77. The molecule has 0 aliphatic carbocycles. The highest BCUT2D eigenvalue weighted by Crippen LogP contribution is 2.31. The lowest BCUT2D eigenvalue weighted by atomic mass is 9.91. The zero-order valence-corrected chi connectivity index (χ0v) is 15.8. The molecule has 0 aromatic carbocycles. The van der Waals surface area contributed by atoms with Gasteiger partial charge >= 0.3 is 11.7 Å². The monoisotopic (exact) mass is 398 g/mol. The number of nitrogens with two attached hydrogens (primary N) is 1. The van der Waals surface area contributed by atoms with Crippen molar-refractivity contribution in [2.45, 2.75) is 56.9 Å². The second-order valence-corrected chi connectivity index (χ2v) is 7.49. The number of likely N-dealkylation sites (tertiary alicyclic amines) is 1. The summed E-state index contributed by atoms with van der Waals surface area (Å²) < 4.78 is 1.15. The average molecular weight is 398 g/mol. The molecule has 1 aliphatic heterocycles. The standard InChI is InChI=1S/C17H26N4O7/c1-9-6-21(16(27)19-14(9)24)12-8-20(7-10(22)5-17(12,2)28)13(23)4-3-11(18)15(25)26/h6,10-12,22,28H,3-5,7-8,18H2,1-2H3,(H,25,26)(H,19,24,27)/t10-,11-,12+,17+/m1/s1. The molecule has 1 aromatic heterocycles. The molecule has 11 nitrogen and oxygen atoms in total. The lowest BCUT2D eigenvalue weighted by Crippen LogP contribution is -2.47. The first-order valence-corrected chi connectivity index (χ1v) is 8.91. The summed E-state index contributed by atoms with van der Waals surface area (Å²) in [7, 11) is 0. The maximum Gasteiger partial charge on any atom is 0.328 e. The Labute approximate surface area is 160 Å². The van der Waals surface area contributed by atoms with Gasteiger partial charge in [0.05, 0.1) is 17.7 Å². The highest BCUT2D eigenvalue weighted by molar-refractivity contribution is 5.78. The second-order valence-electron chi connectivity index (χ2n) is 7.49. The van der Waals surface area contributed by atoms with Crippen molar-refractivity contribution in [2.24, 2.45) is 5.73 Å². The Balaban J connectivity index is 2.33. The van der Waals surface area contributed by atoms with Crippen molar-refractivity contribution in [3.05, 3.63) is 32.6 Å². The van der Waals surface area contributed by atoms with E-state index in [0.29, 0.717) is 0 Å². The summed E-state index contributed by atoms with van der Waals surface area (Å²) >= 11 is 0. The largest absolute Gasteiger partial charge is 0.480 e. The third-order valence-corrected chi connectivity index (χ3v) is 5.01. The minimum absolute atomic E-state index is 0.0785. The van der Waals surface area contributed by atoms with Gasteiger partial charge < -0.3 is 26.0 Å². The van der Waals surface area contributed by atoms with Crippen molar-refractivity contribution in [1.82, 2.24) is 14.5 Å². The van der Waals surface area contributed by atoms with Crippen LogP contribution in [0.4, 0.5) is 0 Å². The second kappa shape index (κ2) is 8.25. The minimum Gasteiger partial charge on any atom is -0.480 e. The normalized spacial score (nSPS) is 26.5. The van der Waals surface area contributed by atoms with Crippen LogP contribution in [0, 0.1) is 6.92 Å². The van der Waals surface area contributed by atoms with E-state index in [1.54, 1.807) is 0 Å². The number of aliphatic hydroxyl groups excluding tert-OH is 1. The van der Waals surface area contributed by atoms with Crippen LogP contribution >= 0.6 is 0 Å². The molecular weight excluding hydrogens is 372 g/mol. The first kappa shape index (κ1) is 21.8. The Morgan fingerprint density at radius 1 is 1.39 bits per heavy atom. The van der Waals surface area contributed by atoms with Gasteiger partial charge in [0.2, 0.25) is 5.91 Å². The van der Waals surface area contributed by atoms with Gasteiger partial charge in [-0.3, -0.25) is 23.9 Å². The van der Waals surface area contributed by atoms with Gasteiger partial charge in [-0.25, -0.2) is 4.79 Å². The zero-order chi connectivity index (χ0) is 21.2. The van der Waals surface area contributed by atoms with E-state index in [2.05, 4.69) is 4.98 Å². The van der Waals surface area contributed by atoms with Crippen LogP contribution in [-0.2, 0) is 9.59 Å². The van der Waals surface area contributed by atoms with Crippen LogP contribution in [0.5, 0.6) is 0 Å². The first-order valence-electron chi connectivity index (χ1n) is 8.91. The number of hydrogen-bond acceptors (Lipinski definition) is 7. The Hall–Kier alpha value is -2.50. The summed E-state index contributed by atoms with van der Waals surface area (Å²) in [4.78, 5) is 50.7. The topological polar surface area (TPSA) is 179 Å². The molecule has 2 rings (SSSR count). The Bertz CT molecular complexity index is 860. The predicted molar refractivity (Wildman–Crippen MR) is 97.8 cm³/mol. The number of β-amino-alcohol motifs (C(OH)–C–C–N with tert-alkyl or cyclic N) is 1. The molecule has 1 saturated heterocycles. The van der Waals surface area contributed by atoms with Crippen LogP contribution in [-0.4, -0.2) is 72.5 Å². The van der Waals surface area contributed by atoms with Gasteiger partial charge in [0.15, 0.2) is 0 Å². The molecule has 4 atom stereocenters. The number of aromatic amines is 1. The molecule has 1 aromatic rings. The number of carbonyl (C=O) groups is 2. The summed E-state index contributed by atoms with van der Waals surface area (Å²) in [5.74, 6) is -1.67. The van der Waals surface area contributed by atoms with E-state index in [9.17, 15) is 29.4 Å². The number of rotatable bonds is 5. The number of carboxylic acid groups (broad SMARTS) is 1. The van der Waals surface area contributed by atoms with Crippen LogP contribution in [0.1, 0.15) is 37.8 Å². The number of aliphatic carboxylic acids is 1. The number of carboxylic acids is 1. The van der Waals surface area contributed by atoms with Crippen molar-refractivity contribution < 1.29 is 24.9 Å². The van der Waals surface area contributed by atoms with Gasteiger partial charge in [0.1, 0.15) is 6.04 Å². The molecule has 1 aliphatic rings. The fourth-order valence-corrected chi connectivity index (χ4v) is 3.38. The SMILES string of the molecule is Cc1cn([C@H]2CN(C(=O)CC[C@@H](N)C(=O)O)C[C@H](O)C[C@]2(C)O)c(=O)[nH]c1=O. The molecule has 6 N–H and O–H groups in total. The molecule has 28 heavy (non-hydrogen) atoms. The maximum atomic E-state index is 12.6. The smallest absolute Gasteiger partial charge is 0.328 e. The van der Waals surface area contributed by atoms with E-state index in [4.69, 9.17) is 10.8 Å². The Morgan fingerprint density at radius 3 is 2.64 bits per heavy atom. The van der Waals surface area contributed by atoms with Crippen LogP contribution in [0.25, 0.3) is 0 Å². The highest BCUT2D eigenvalue weighted by atomic mass is 16.4. The number of amides is 1. The van der Waals surface area contributed by atoms with E-state index in [-0.39, 0.29) is 37.9 Å². The summed E-state index contributed by atoms with van der Waals surface area (Å²) in [5.41, 5.74) is 2.85. The van der Waals surface area contributed by atoms with Gasteiger partial charge in [-0.1, -0.05) is 0 Å². The molecule has 1 fully saturated rings. The van der Waals surface area contributed by atoms with Gasteiger partial charge in [0.25, 0.3) is 5.56 Å². The lowest BCUT2D eigenvalue weighted by molar-refractivity contribution is -0.139. The molecular formula is C17H26N4O7. The average Bonchev–Trinajstić information content (AvgIpc) is 2.70. The van der Waals surface area contributed by atoms with Gasteiger partial charge in [-0.2, -0.15) is 0 Å². The van der Waals surface area contributed by atoms with E-state index in [1.807, 2.05) is 0 Å². The molecule has 0 bridgehead atoms. The maximum absolute atomic E-state index is 12.6. The molecule has 156 valence electrons. The van der Waals surface area contributed by atoms with Crippen LogP contribution in [0.2, 0.25) is 0 Å². The molecule has 2 heterocycles. The molecule has 0 saturated carbocycles. The summed E-state index contributed by atoms with van der Waals surface area (Å²) in [5, 5.41) is 29.9. The number of nitrogens with one attached hydrogen (secondary N) is 1. The number of nitrogens with zero attached hydrogens (tertiary/aromatic N) is 2. The van der Waals surface area contributed by atoms with Crippen LogP contribution < -0.4 is 17.0 Å². The van der Waals surface area contributed by atoms with Crippen LogP contribution in [0.3, 0.4) is 0 Å². The van der Waals surface area contributed by atoms with E-state index >= 15 is 0 Å². The van der Waals surface area contributed by atoms with Gasteiger partial charge in [-0.15, -0.1) is 0 Å². The third-order valence-electron chi connectivity index (χ3n) is 5.01. The summed E-state index contributed by atoms with van der Waals surface area (Å²) in [6.07, 6.45) is -0.0767. The van der Waals surface area contributed by atoms with Gasteiger partial charge in [-0.05, 0) is 20.3 Å². The van der Waals surface area contributed by atoms with Crippen molar-refractivity contribution in [2.75, 3.05) is 13.1 Å². The molecule has 0 radical (unpaired) electrons. The predicted octanol–water partition coefficient (Wildman–Crippen LogP) is -2.08. The number of carbonyl (C=O) groups excluding carboxylic acids is 1. The number of aryl methyl sites for hydroxylation is 1. The minimum atomic E-state index is -1.54. The Morgan fingerprint density at radius 2 is 2.04 bits per heavy atom. The number of aromatic nitrogens is 2.